The monoisotopic (exact) mass is 276 g/mol. The van der Waals surface area contributed by atoms with Gasteiger partial charge in [-0.2, -0.15) is 9.61 Å². The predicted molar refractivity (Wildman–Crippen MR) is 70.7 cm³/mol. The highest BCUT2D eigenvalue weighted by molar-refractivity contribution is 6.30. The Morgan fingerprint density at radius 2 is 1.74 bits per heavy atom. The van der Waals surface area contributed by atoms with Crippen LogP contribution in [-0.4, -0.2) is 19.8 Å². The van der Waals surface area contributed by atoms with Gasteiger partial charge in [-0.25, -0.2) is 4.39 Å². The first kappa shape index (κ1) is 12.0. The second-order valence-corrected chi connectivity index (χ2v) is 4.66. The Hall–Kier alpha value is -2.01. The summed E-state index contributed by atoms with van der Waals surface area (Å²) in [4.78, 5) is 0. The van der Waals surface area contributed by atoms with Gasteiger partial charge in [0, 0.05) is 11.1 Å². The first-order chi connectivity index (χ1) is 9.08. The molecule has 0 N–H and O–H groups in total. The van der Waals surface area contributed by atoms with Crippen molar-refractivity contribution in [1.29, 1.82) is 0 Å². The molecule has 6 heteroatoms. The van der Waals surface area contributed by atoms with E-state index in [1.807, 2.05) is 13.8 Å². The van der Waals surface area contributed by atoms with E-state index < -0.39 is 0 Å². The summed E-state index contributed by atoms with van der Waals surface area (Å²) in [5, 5.41) is 12.9. The number of rotatable bonds is 1. The average molecular weight is 277 g/mol. The molecule has 19 heavy (non-hydrogen) atoms. The third-order valence-corrected chi connectivity index (χ3v) is 3.50. The van der Waals surface area contributed by atoms with E-state index in [-0.39, 0.29) is 5.82 Å². The van der Waals surface area contributed by atoms with Gasteiger partial charge in [0.15, 0.2) is 16.6 Å². The topological polar surface area (TPSA) is 43.1 Å². The van der Waals surface area contributed by atoms with Gasteiger partial charge >= 0.3 is 0 Å². The second kappa shape index (κ2) is 4.28. The fourth-order valence-electron chi connectivity index (χ4n) is 1.87. The molecular formula is C13H10ClFN4. The Morgan fingerprint density at radius 3 is 2.42 bits per heavy atom. The maximum Gasteiger partial charge on any atom is 0.185 e. The van der Waals surface area contributed by atoms with E-state index in [4.69, 9.17) is 11.6 Å². The number of benzene rings is 1. The molecule has 0 amide bonds. The van der Waals surface area contributed by atoms with Crippen molar-refractivity contribution in [2.24, 2.45) is 0 Å². The van der Waals surface area contributed by atoms with Crippen LogP contribution in [0.25, 0.3) is 17.0 Å². The SMILES string of the molecule is Cc1c(Cl)nn2c(-c3ccc(F)cc3)nnc2c1C. The van der Waals surface area contributed by atoms with Crippen LogP contribution in [0, 0.1) is 19.7 Å². The lowest BCUT2D eigenvalue weighted by molar-refractivity contribution is 0.628. The molecule has 3 aromatic rings. The van der Waals surface area contributed by atoms with Gasteiger partial charge in [-0.15, -0.1) is 10.2 Å². The third kappa shape index (κ3) is 1.86. The van der Waals surface area contributed by atoms with Crippen molar-refractivity contribution >= 4 is 17.2 Å². The molecule has 4 nitrogen and oxygen atoms in total. The van der Waals surface area contributed by atoms with Crippen molar-refractivity contribution in [3.8, 4) is 11.4 Å². The molecule has 2 heterocycles. The Kier molecular flexibility index (Phi) is 2.71. The molecule has 0 aliphatic carbocycles. The van der Waals surface area contributed by atoms with E-state index in [1.165, 1.54) is 12.1 Å². The number of nitrogens with zero attached hydrogens (tertiary/aromatic N) is 4. The van der Waals surface area contributed by atoms with Crippen LogP contribution in [0.15, 0.2) is 24.3 Å². The van der Waals surface area contributed by atoms with E-state index in [0.29, 0.717) is 16.6 Å². The highest BCUT2D eigenvalue weighted by Gasteiger charge is 2.14. The van der Waals surface area contributed by atoms with E-state index in [0.717, 1.165) is 16.7 Å². The fraction of sp³-hybridized carbons (Fsp3) is 0.154. The molecule has 2 aromatic heterocycles. The first-order valence-electron chi connectivity index (χ1n) is 5.72. The quantitative estimate of drug-likeness (QED) is 0.685. The maximum absolute atomic E-state index is 12.9. The molecule has 0 radical (unpaired) electrons. The lowest BCUT2D eigenvalue weighted by atomic mass is 10.2. The van der Waals surface area contributed by atoms with Crippen LogP contribution >= 0.6 is 11.6 Å². The maximum atomic E-state index is 12.9. The van der Waals surface area contributed by atoms with Crippen molar-refractivity contribution in [2.45, 2.75) is 13.8 Å². The van der Waals surface area contributed by atoms with Gasteiger partial charge in [0.2, 0.25) is 0 Å². The summed E-state index contributed by atoms with van der Waals surface area (Å²) in [6.45, 7) is 3.80. The smallest absolute Gasteiger partial charge is 0.185 e. The number of hydrogen-bond donors (Lipinski definition) is 0. The minimum atomic E-state index is -0.296. The highest BCUT2D eigenvalue weighted by Crippen LogP contribution is 2.23. The van der Waals surface area contributed by atoms with Crippen molar-refractivity contribution in [2.75, 3.05) is 0 Å². The molecule has 0 spiro atoms. The third-order valence-electron chi connectivity index (χ3n) is 3.14. The van der Waals surface area contributed by atoms with Gasteiger partial charge in [-0.3, -0.25) is 0 Å². The Labute approximate surface area is 113 Å². The largest absolute Gasteiger partial charge is 0.207 e. The van der Waals surface area contributed by atoms with Crippen molar-refractivity contribution in [3.63, 3.8) is 0 Å². The van der Waals surface area contributed by atoms with Gasteiger partial charge in [-0.05, 0) is 43.7 Å². The fourth-order valence-corrected chi connectivity index (χ4v) is 2.09. The van der Waals surface area contributed by atoms with Crippen LogP contribution in [-0.2, 0) is 0 Å². The molecule has 0 aliphatic rings. The second-order valence-electron chi connectivity index (χ2n) is 4.31. The zero-order chi connectivity index (χ0) is 13.6. The van der Waals surface area contributed by atoms with Gasteiger partial charge in [0.1, 0.15) is 5.82 Å². The zero-order valence-electron chi connectivity index (χ0n) is 10.4. The van der Waals surface area contributed by atoms with E-state index >= 15 is 0 Å². The van der Waals surface area contributed by atoms with Crippen molar-refractivity contribution < 1.29 is 4.39 Å². The standard InChI is InChI=1S/C13H10ClFN4/c1-7-8(2)12-16-17-13(19(12)18-11(7)14)9-3-5-10(15)6-4-9/h3-6H,1-2H3. The van der Waals surface area contributed by atoms with Crippen LogP contribution < -0.4 is 0 Å². The van der Waals surface area contributed by atoms with Crippen LogP contribution in [0.5, 0.6) is 0 Å². The van der Waals surface area contributed by atoms with Gasteiger partial charge in [-0.1, -0.05) is 11.6 Å². The van der Waals surface area contributed by atoms with Crippen LogP contribution in [0.1, 0.15) is 11.1 Å². The molecule has 0 unspecified atom stereocenters. The van der Waals surface area contributed by atoms with Gasteiger partial charge in [0.05, 0.1) is 0 Å². The highest BCUT2D eigenvalue weighted by atomic mass is 35.5. The molecule has 1 aromatic carbocycles. The zero-order valence-corrected chi connectivity index (χ0v) is 11.1. The van der Waals surface area contributed by atoms with E-state index in [9.17, 15) is 4.39 Å². The molecule has 0 saturated heterocycles. The van der Waals surface area contributed by atoms with Gasteiger partial charge < -0.3 is 0 Å². The number of halogens is 2. The minimum Gasteiger partial charge on any atom is -0.207 e. The number of fused-ring (bicyclic) bond motifs is 1. The Balaban J connectivity index is 2.29. The lowest BCUT2D eigenvalue weighted by Crippen LogP contribution is -2.00. The predicted octanol–water partition coefficient (Wildman–Crippen LogP) is 3.20. The Bertz CT molecular complexity index is 764. The number of hydrogen-bond acceptors (Lipinski definition) is 3. The molecular weight excluding hydrogens is 267 g/mol. The van der Waals surface area contributed by atoms with Crippen LogP contribution in [0.4, 0.5) is 4.39 Å². The summed E-state index contributed by atoms with van der Waals surface area (Å²) in [5.74, 6) is 0.246. The summed E-state index contributed by atoms with van der Waals surface area (Å²) in [7, 11) is 0. The molecule has 0 bridgehead atoms. The molecule has 0 saturated carbocycles. The molecule has 3 rings (SSSR count). The van der Waals surface area contributed by atoms with Gasteiger partial charge in [0.25, 0.3) is 0 Å². The van der Waals surface area contributed by atoms with Crippen LogP contribution in [0.2, 0.25) is 5.15 Å². The van der Waals surface area contributed by atoms with Crippen molar-refractivity contribution in [3.05, 3.63) is 46.4 Å². The molecule has 0 fully saturated rings. The van der Waals surface area contributed by atoms with Crippen LogP contribution in [0.3, 0.4) is 0 Å². The molecule has 0 atom stereocenters. The summed E-state index contributed by atoms with van der Waals surface area (Å²) in [5.41, 5.74) is 3.20. The molecule has 0 aliphatic heterocycles. The minimum absolute atomic E-state index is 0.296. The van der Waals surface area contributed by atoms with Crippen molar-refractivity contribution in [1.82, 2.24) is 19.8 Å². The Morgan fingerprint density at radius 1 is 1.05 bits per heavy atom. The lowest BCUT2D eigenvalue weighted by Gasteiger charge is -2.05. The summed E-state index contributed by atoms with van der Waals surface area (Å²) >= 11 is 6.09. The summed E-state index contributed by atoms with van der Waals surface area (Å²) < 4.78 is 14.5. The molecule has 96 valence electrons. The summed E-state index contributed by atoms with van der Waals surface area (Å²) in [6, 6.07) is 6.02. The van der Waals surface area contributed by atoms with E-state index in [2.05, 4.69) is 15.3 Å². The first-order valence-corrected chi connectivity index (χ1v) is 6.10. The summed E-state index contributed by atoms with van der Waals surface area (Å²) in [6.07, 6.45) is 0. The number of aromatic nitrogens is 4. The average Bonchev–Trinajstić information content (AvgIpc) is 2.81. The number of aryl methyl sites for hydroxylation is 1. The van der Waals surface area contributed by atoms with E-state index in [1.54, 1.807) is 16.6 Å². The normalized spacial score (nSPS) is 11.2.